The molecule has 0 fully saturated rings. The minimum absolute atomic E-state index is 0.665. The number of benzene rings is 10. The van der Waals surface area contributed by atoms with Crippen LogP contribution < -0.4 is 20.7 Å². The van der Waals surface area contributed by atoms with E-state index in [2.05, 4.69) is 276 Å². The van der Waals surface area contributed by atoms with Crippen molar-refractivity contribution in [2.75, 3.05) is 0 Å². The molecule has 5 heteroatoms. The van der Waals surface area contributed by atoms with Crippen LogP contribution in [-0.2, 0) is 0 Å². The third-order valence-corrected chi connectivity index (χ3v) is 18.7. The number of hydrogen-bond acceptors (Lipinski definition) is 2. The summed E-state index contributed by atoms with van der Waals surface area (Å²) in [7, 11) is -2.83. The van der Waals surface area contributed by atoms with E-state index in [1.165, 1.54) is 48.1 Å². The average molecular weight is 897 g/mol. The number of hydrogen-bond donors (Lipinski definition) is 0. The number of para-hydroxylation sites is 3. The maximum atomic E-state index is 5.50. The molecule has 0 atom stereocenters. The molecule has 3 aromatic heterocycles. The van der Waals surface area contributed by atoms with Gasteiger partial charge in [0.15, 0.2) is 13.9 Å². The molecule has 0 saturated heterocycles. The summed E-state index contributed by atoms with van der Waals surface area (Å²) in [6.07, 6.45) is 0. The van der Waals surface area contributed by atoms with Crippen LogP contribution in [0.1, 0.15) is 0 Å². The summed E-state index contributed by atoms with van der Waals surface area (Å²) in [6, 6.07) is 96.8. The van der Waals surface area contributed by atoms with E-state index in [1.54, 1.807) is 0 Å². The smallest absolute Gasteiger partial charge is 0.179 e. The first-order chi connectivity index (χ1) is 34.2. The Labute approximate surface area is 401 Å². The van der Waals surface area contributed by atoms with E-state index in [4.69, 9.17) is 9.97 Å². The highest BCUT2D eigenvalue weighted by Gasteiger charge is 2.41. The van der Waals surface area contributed by atoms with E-state index in [1.807, 2.05) is 0 Å². The van der Waals surface area contributed by atoms with Crippen LogP contribution in [0.5, 0.6) is 0 Å². The molecule has 0 saturated carbocycles. The SMILES string of the molecule is c1ccc(-c2ccc(-c3nc(-c4cccc([Si](c5ccccc5)(c5ccccc5)c5ccccc5)c4)cc(-n4c5ccccc5c5cc(-n6c7ccccc7c7ccccc76)ccc54)n3)cc2)cc1. The summed E-state index contributed by atoms with van der Waals surface area (Å²) in [4.78, 5) is 11.0. The molecule has 0 aliphatic carbocycles. The Morgan fingerprint density at radius 3 is 1.29 bits per heavy atom. The lowest BCUT2D eigenvalue weighted by Gasteiger charge is -2.34. The summed E-state index contributed by atoms with van der Waals surface area (Å²) >= 11 is 0. The number of rotatable bonds is 9. The van der Waals surface area contributed by atoms with Crippen molar-refractivity contribution in [1.29, 1.82) is 0 Å². The second-order valence-electron chi connectivity index (χ2n) is 17.7. The lowest BCUT2D eigenvalue weighted by atomic mass is 10.0. The van der Waals surface area contributed by atoms with Gasteiger partial charge in [-0.2, -0.15) is 0 Å². The van der Waals surface area contributed by atoms with Crippen LogP contribution in [-0.4, -0.2) is 27.2 Å². The first-order valence-electron chi connectivity index (χ1n) is 23.6. The van der Waals surface area contributed by atoms with Gasteiger partial charge in [0.05, 0.1) is 27.8 Å². The molecule has 69 heavy (non-hydrogen) atoms. The van der Waals surface area contributed by atoms with E-state index in [9.17, 15) is 0 Å². The zero-order valence-electron chi connectivity index (χ0n) is 37.7. The highest BCUT2D eigenvalue weighted by Crippen LogP contribution is 2.38. The van der Waals surface area contributed by atoms with Crippen LogP contribution in [0.2, 0.25) is 0 Å². The lowest BCUT2D eigenvalue weighted by Crippen LogP contribution is -2.74. The first-order valence-corrected chi connectivity index (χ1v) is 25.6. The van der Waals surface area contributed by atoms with Gasteiger partial charge in [0.1, 0.15) is 5.82 Å². The van der Waals surface area contributed by atoms with Gasteiger partial charge >= 0.3 is 0 Å². The molecule has 13 aromatic rings. The van der Waals surface area contributed by atoms with Crippen molar-refractivity contribution in [3.05, 3.63) is 267 Å². The summed E-state index contributed by atoms with van der Waals surface area (Å²) in [6.45, 7) is 0. The van der Waals surface area contributed by atoms with Crippen LogP contribution >= 0.6 is 0 Å². The van der Waals surface area contributed by atoms with Gasteiger partial charge in [0.2, 0.25) is 0 Å². The van der Waals surface area contributed by atoms with Crippen molar-refractivity contribution in [3.63, 3.8) is 0 Å². The van der Waals surface area contributed by atoms with E-state index in [-0.39, 0.29) is 0 Å². The van der Waals surface area contributed by atoms with Gasteiger partial charge in [0.25, 0.3) is 0 Å². The van der Waals surface area contributed by atoms with Gasteiger partial charge in [0, 0.05) is 44.4 Å². The van der Waals surface area contributed by atoms with Gasteiger partial charge in [-0.05, 0) is 68.3 Å². The molecule has 4 nitrogen and oxygen atoms in total. The number of nitrogens with zero attached hydrogens (tertiary/aromatic N) is 4. The zero-order chi connectivity index (χ0) is 45.7. The van der Waals surface area contributed by atoms with Gasteiger partial charge < -0.3 is 4.57 Å². The Bertz CT molecular complexity index is 3840. The van der Waals surface area contributed by atoms with E-state index in [0.717, 1.165) is 55.7 Å². The van der Waals surface area contributed by atoms with Crippen molar-refractivity contribution in [2.45, 2.75) is 0 Å². The Hall–Kier alpha value is -8.90. The highest BCUT2D eigenvalue weighted by atomic mass is 28.3. The second-order valence-corrected chi connectivity index (χ2v) is 21.5. The molecule has 0 amide bonds. The summed E-state index contributed by atoms with van der Waals surface area (Å²) in [5.74, 6) is 1.47. The molecular formula is C64H44N4Si. The molecule has 13 rings (SSSR count). The minimum Gasteiger partial charge on any atom is -0.309 e. The minimum atomic E-state index is -2.83. The predicted octanol–water partition coefficient (Wildman–Crippen LogP) is 13.0. The van der Waals surface area contributed by atoms with Crippen molar-refractivity contribution >= 4 is 72.4 Å². The zero-order valence-corrected chi connectivity index (χ0v) is 38.7. The van der Waals surface area contributed by atoms with Crippen molar-refractivity contribution in [2.24, 2.45) is 0 Å². The lowest BCUT2D eigenvalue weighted by molar-refractivity contribution is 1.05. The number of fused-ring (bicyclic) bond motifs is 6. The molecule has 3 heterocycles. The van der Waals surface area contributed by atoms with Crippen LogP contribution in [0.25, 0.3) is 88.9 Å². The summed E-state index contributed by atoms with van der Waals surface area (Å²) in [5, 5.41) is 10.1. The van der Waals surface area contributed by atoms with Gasteiger partial charge in [-0.15, -0.1) is 0 Å². The Balaban J connectivity index is 1.04. The van der Waals surface area contributed by atoms with Crippen LogP contribution in [0.4, 0.5) is 0 Å². The monoisotopic (exact) mass is 896 g/mol. The Morgan fingerprint density at radius 2 is 0.710 bits per heavy atom. The highest BCUT2D eigenvalue weighted by molar-refractivity contribution is 7.19. The van der Waals surface area contributed by atoms with Gasteiger partial charge in [-0.1, -0.05) is 224 Å². The van der Waals surface area contributed by atoms with Gasteiger partial charge in [-0.25, -0.2) is 9.97 Å². The largest absolute Gasteiger partial charge is 0.309 e. The van der Waals surface area contributed by atoms with Crippen LogP contribution in [0.3, 0.4) is 0 Å². The van der Waals surface area contributed by atoms with E-state index >= 15 is 0 Å². The fourth-order valence-electron chi connectivity index (χ4n) is 10.8. The molecule has 324 valence electrons. The molecule has 0 bridgehead atoms. The van der Waals surface area contributed by atoms with Crippen LogP contribution in [0, 0.1) is 0 Å². The summed E-state index contributed by atoms with van der Waals surface area (Å²) in [5.41, 5.74) is 10.8. The normalized spacial score (nSPS) is 11.8. The number of aromatic nitrogens is 4. The third kappa shape index (κ3) is 6.74. The second kappa shape index (κ2) is 16.8. The molecule has 0 radical (unpaired) electrons. The predicted molar refractivity (Wildman–Crippen MR) is 291 cm³/mol. The quantitative estimate of drug-likeness (QED) is 0.107. The van der Waals surface area contributed by atoms with Gasteiger partial charge in [-0.3, -0.25) is 4.57 Å². The molecule has 0 unspecified atom stereocenters. The molecule has 0 aliphatic rings. The maximum Gasteiger partial charge on any atom is 0.179 e. The molecular weight excluding hydrogens is 853 g/mol. The van der Waals surface area contributed by atoms with E-state index < -0.39 is 8.07 Å². The standard InChI is InChI=1S/C64H44N4Si/c1-5-20-45(21-6-1)46-36-38-47(39-37-46)64-65-58(48-22-19-29-53(42-48)69(50-23-7-2-8-24-50,51-25-9-3-10-26-51)52-27-11-4-12-28-52)44-63(66-64)68-61-35-18-15-32-56(61)57-43-49(40-41-62(57)68)67-59-33-16-13-30-54(59)55-31-14-17-34-60(55)67/h1-44H. The molecule has 10 aromatic carbocycles. The van der Waals surface area contributed by atoms with Crippen molar-refractivity contribution in [3.8, 4) is 45.3 Å². The first kappa shape index (κ1) is 40.4. The average Bonchev–Trinajstić information content (AvgIpc) is 3.95. The Morgan fingerprint density at radius 1 is 0.275 bits per heavy atom. The fourth-order valence-corrected chi connectivity index (χ4v) is 15.6. The fraction of sp³-hybridized carbons (Fsp3) is 0. The summed E-state index contributed by atoms with van der Waals surface area (Å²) < 4.78 is 4.72. The molecule has 0 N–H and O–H groups in total. The topological polar surface area (TPSA) is 35.6 Å². The van der Waals surface area contributed by atoms with Crippen molar-refractivity contribution < 1.29 is 0 Å². The Kier molecular flexibility index (Phi) is 9.81. The molecule has 0 spiro atoms. The maximum absolute atomic E-state index is 5.50. The van der Waals surface area contributed by atoms with E-state index in [0.29, 0.717) is 5.82 Å². The van der Waals surface area contributed by atoms with Crippen molar-refractivity contribution in [1.82, 2.24) is 19.1 Å². The molecule has 0 aliphatic heterocycles. The third-order valence-electron chi connectivity index (χ3n) is 13.9. The van der Waals surface area contributed by atoms with Crippen LogP contribution in [0.15, 0.2) is 267 Å².